The van der Waals surface area contributed by atoms with Crippen molar-refractivity contribution in [3.63, 3.8) is 0 Å². The molecule has 68 valence electrons. The van der Waals surface area contributed by atoms with Gasteiger partial charge in [-0.1, -0.05) is 6.07 Å². The van der Waals surface area contributed by atoms with Crippen LogP contribution in [0, 0.1) is 0 Å². The quantitative estimate of drug-likeness (QED) is 0.842. The van der Waals surface area contributed by atoms with Gasteiger partial charge in [-0.25, -0.2) is 4.98 Å². The van der Waals surface area contributed by atoms with Crippen molar-refractivity contribution in [2.24, 2.45) is 0 Å². The number of hydrogen-bond donors (Lipinski definition) is 1. The zero-order valence-electron chi connectivity index (χ0n) is 7.28. The van der Waals surface area contributed by atoms with Crippen LogP contribution in [0.15, 0.2) is 22.9 Å². The highest BCUT2D eigenvalue weighted by molar-refractivity contribution is 7.13. The lowest BCUT2D eigenvalue weighted by molar-refractivity contribution is 1.13. The van der Waals surface area contributed by atoms with Crippen LogP contribution in [0.1, 0.15) is 10.6 Å². The lowest BCUT2D eigenvalue weighted by Gasteiger charge is -1.91. The second kappa shape index (κ2) is 3.89. The van der Waals surface area contributed by atoms with Gasteiger partial charge in [-0.2, -0.15) is 0 Å². The van der Waals surface area contributed by atoms with E-state index in [1.54, 1.807) is 22.7 Å². The van der Waals surface area contributed by atoms with Crippen molar-refractivity contribution >= 4 is 27.8 Å². The Morgan fingerprint density at radius 2 is 2.38 bits per heavy atom. The fraction of sp³-hybridized carbons (Fsp3) is 0.222. The molecule has 0 aliphatic rings. The van der Waals surface area contributed by atoms with E-state index >= 15 is 0 Å². The zero-order chi connectivity index (χ0) is 9.10. The van der Waals surface area contributed by atoms with E-state index in [4.69, 9.17) is 0 Å². The Morgan fingerprint density at radius 1 is 1.46 bits per heavy atom. The normalized spacial score (nSPS) is 10.2. The highest BCUT2D eigenvalue weighted by Crippen LogP contribution is 2.19. The summed E-state index contributed by atoms with van der Waals surface area (Å²) >= 11 is 3.43. The maximum Gasteiger partial charge on any atom is 0.182 e. The molecule has 0 spiro atoms. The van der Waals surface area contributed by atoms with E-state index in [9.17, 15) is 0 Å². The summed E-state index contributed by atoms with van der Waals surface area (Å²) in [6.07, 6.45) is 0.954. The summed E-state index contributed by atoms with van der Waals surface area (Å²) in [5.74, 6) is 0. The Kier molecular flexibility index (Phi) is 2.61. The minimum atomic E-state index is 0.954. The molecule has 0 bridgehead atoms. The van der Waals surface area contributed by atoms with Crippen LogP contribution in [0.25, 0.3) is 0 Å². The lowest BCUT2D eigenvalue weighted by Crippen LogP contribution is -1.88. The number of anilines is 1. The Labute approximate surface area is 85.3 Å². The van der Waals surface area contributed by atoms with Crippen molar-refractivity contribution in [3.05, 3.63) is 33.5 Å². The number of aromatic nitrogens is 1. The largest absolute Gasteiger partial charge is 0.365 e. The van der Waals surface area contributed by atoms with E-state index in [0.717, 1.165) is 17.2 Å². The first-order valence-electron chi connectivity index (χ1n) is 4.03. The molecule has 2 aromatic rings. The molecule has 0 fully saturated rings. The van der Waals surface area contributed by atoms with Gasteiger partial charge in [0, 0.05) is 23.7 Å². The summed E-state index contributed by atoms with van der Waals surface area (Å²) in [4.78, 5) is 5.79. The van der Waals surface area contributed by atoms with Crippen LogP contribution < -0.4 is 5.32 Å². The van der Waals surface area contributed by atoms with Crippen molar-refractivity contribution in [2.45, 2.75) is 6.42 Å². The lowest BCUT2D eigenvalue weighted by atomic mass is 10.3. The summed E-state index contributed by atoms with van der Waals surface area (Å²) in [6.45, 7) is 0. The third-order valence-corrected chi connectivity index (χ3v) is 3.49. The molecule has 1 N–H and O–H groups in total. The van der Waals surface area contributed by atoms with E-state index < -0.39 is 0 Å². The molecular weight excluding hydrogens is 200 g/mol. The predicted octanol–water partition coefficient (Wildman–Crippen LogP) is 2.84. The molecule has 2 nitrogen and oxygen atoms in total. The SMILES string of the molecule is CNc1nc(Cc2cccs2)cs1. The second-order valence-corrected chi connectivity index (χ2v) is 4.54. The number of nitrogens with one attached hydrogen (secondary N) is 1. The summed E-state index contributed by atoms with van der Waals surface area (Å²) in [6, 6.07) is 4.22. The van der Waals surface area contributed by atoms with Gasteiger partial charge in [0.05, 0.1) is 5.69 Å². The van der Waals surface area contributed by atoms with E-state index in [2.05, 4.69) is 33.2 Å². The van der Waals surface area contributed by atoms with Crippen LogP contribution in [0.2, 0.25) is 0 Å². The summed E-state index contributed by atoms with van der Waals surface area (Å²) in [7, 11) is 1.90. The van der Waals surface area contributed by atoms with Gasteiger partial charge in [-0.15, -0.1) is 22.7 Å². The first-order chi connectivity index (χ1) is 6.38. The monoisotopic (exact) mass is 210 g/mol. The minimum Gasteiger partial charge on any atom is -0.365 e. The number of rotatable bonds is 3. The zero-order valence-corrected chi connectivity index (χ0v) is 8.91. The maximum absolute atomic E-state index is 4.42. The molecular formula is C9H10N2S2. The molecule has 0 atom stereocenters. The summed E-state index contributed by atoms with van der Waals surface area (Å²) in [5, 5.41) is 8.23. The molecule has 4 heteroatoms. The molecule has 0 saturated carbocycles. The smallest absolute Gasteiger partial charge is 0.182 e. The van der Waals surface area contributed by atoms with Crippen molar-refractivity contribution in [1.82, 2.24) is 4.98 Å². The highest BCUT2D eigenvalue weighted by atomic mass is 32.1. The molecule has 0 saturated heterocycles. The first-order valence-corrected chi connectivity index (χ1v) is 5.79. The highest BCUT2D eigenvalue weighted by Gasteiger charge is 2.01. The van der Waals surface area contributed by atoms with Gasteiger partial charge >= 0.3 is 0 Å². The number of hydrogen-bond acceptors (Lipinski definition) is 4. The van der Waals surface area contributed by atoms with Crippen LogP contribution in [-0.4, -0.2) is 12.0 Å². The van der Waals surface area contributed by atoms with Crippen LogP contribution in [0.5, 0.6) is 0 Å². The molecule has 0 amide bonds. The Morgan fingerprint density at radius 3 is 3.00 bits per heavy atom. The van der Waals surface area contributed by atoms with Crippen molar-refractivity contribution in [1.29, 1.82) is 0 Å². The van der Waals surface area contributed by atoms with Gasteiger partial charge in [-0.3, -0.25) is 0 Å². The van der Waals surface area contributed by atoms with Gasteiger partial charge in [0.2, 0.25) is 0 Å². The molecule has 13 heavy (non-hydrogen) atoms. The summed E-state index contributed by atoms with van der Waals surface area (Å²) in [5.41, 5.74) is 1.15. The Hall–Kier alpha value is -0.870. The van der Waals surface area contributed by atoms with E-state index in [0.29, 0.717) is 0 Å². The fourth-order valence-corrected chi connectivity index (χ4v) is 2.49. The minimum absolute atomic E-state index is 0.954. The van der Waals surface area contributed by atoms with E-state index in [-0.39, 0.29) is 0 Å². The molecule has 0 aliphatic carbocycles. The topological polar surface area (TPSA) is 24.9 Å². The van der Waals surface area contributed by atoms with Crippen molar-refractivity contribution in [2.75, 3.05) is 12.4 Å². The van der Waals surface area contributed by atoms with Gasteiger partial charge in [0.1, 0.15) is 0 Å². The van der Waals surface area contributed by atoms with Crippen LogP contribution >= 0.6 is 22.7 Å². The molecule has 0 aliphatic heterocycles. The number of thiophene rings is 1. The molecule has 0 radical (unpaired) electrons. The molecule has 0 aromatic carbocycles. The number of thiazole rings is 1. The molecule has 2 rings (SSSR count). The van der Waals surface area contributed by atoms with Crippen molar-refractivity contribution in [3.8, 4) is 0 Å². The molecule has 2 heterocycles. The standard InChI is InChI=1S/C9H10N2S2/c1-10-9-11-7(6-13-9)5-8-3-2-4-12-8/h2-4,6H,5H2,1H3,(H,10,11). The van der Waals surface area contributed by atoms with Crippen LogP contribution in [0.4, 0.5) is 5.13 Å². The van der Waals surface area contributed by atoms with Crippen LogP contribution in [0.3, 0.4) is 0 Å². The average Bonchev–Trinajstić information content (AvgIpc) is 2.76. The van der Waals surface area contributed by atoms with Gasteiger partial charge in [0.25, 0.3) is 0 Å². The predicted molar refractivity (Wildman–Crippen MR) is 58.8 cm³/mol. The van der Waals surface area contributed by atoms with Gasteiger partial charge in [-0.05, 0) is 11.4 Å². The van der Waals surface area contributed by atoms with Crippen LogP contribution in [-0.2, 0) is 6.42 Å². The number of nitrogens with zero attached hydrogens (tertiary/aromatic N) is 1. The van der Waals surface area contributed by atoms with Gasteiger partial charge in [0.15, 0.2) is 5.13 Å². The maximum atomic E-state index is 4.42. The van der Waals surface area contributed by atoms with Gasteiger partial charge < -0.3 is 5.32 Å². The third kappa shape index (κ3) is 2.08. The molecule has 2 aromatic heterocycles. The Balaban J connectivity index is 2.10. The third-order valence-electron chi connectivity index (χ3n) is 1.70. The Bertz CT molecular complexity index is 365. The fourth-order valence-electron chi connectivity index (χ4n) is 1.09. The van der Waals surface area contributed by atoms with E-state index in [1.165, 1.54) is 4.88 Å². The average molecular weight is 210 g/mol. The summed E-state index contributed by atoms with van der Waals surface area (Å²) < 4.78 is 0. The molecule has 0 unspecified atom stereocenters. The van der Waals surface area contributed by atoms with Crippen molar-refractivity contribution < 1.29 is 0 Å². The first kappa shape index (κ1) is 8.72. The second-order valence-electron chi connectivity index (χ2n) is 2.65. The van der Waals surface area contributed by atoms with E-state index in [1.807, 2.05) is 7.05 Å².